The van der Waals surface area contributed by atoms with Gasteiger partial charge in [0.2, 0.25) is 0 Å². The zero-order valence-electron chi connectivity index (χ0n) is 10.6. The minimum absolute atomic E-state index is 0.546. The second kappa shape index (κ2) is 8.97. The molecule has 1 rings (SSSR count). The highest BCUT2D eigenvalue weighted by atomic mass is 35.5. The molecule has 1 aromatic heterocycles. The average Bonchev–Trinajstić information content (AvgIpc) is 2.35. The summed E-state index contributed by atoms with van der Waals surface area (Å²) in [5.74, 6) is 0.680. The minimum atomic E-state index is 0.546. The standard InChI is InChI=1S/C12H20ClN3O2/c1-17-6-7-18-5-3-2-4-15-12-11(14)8-10(13)9-16-12/h8-9H,2-7,14H2,1H3,(H,15,16). The molecule has 0 radical (unpaired) electrons. The summed E-state index contributed by atoms with van der Waals surface area (Å²) in [5, 5.41) is 3.71. The van der Waals surface area contributed by atoms with Crippen molar-refractivity contribution in [1.82, 2.24) is 4.98 Å². The fourth-order valence-corrected chi connectivity index (χ4v) is 1.55. The van der Waals surface area contributed by atoms with Gasteiger partial charge in [0.25, 0.3) is 0 Å². The van der Waals surface area contributed by atoms with Gasteiger partial charge in [0.15, 0.2) is 0 Å². The van der Waals surface area contributed by atoms with Crippen LogP contribution in [0.25, 0.3) is 0 Å². The first-order valence-corrected chi connectivity index (χ1v) is 6.33. The van der Waals surface area contributed by atoms with E-state index in [0.717, 1.165) is 26.0 Å². The predicted molar refractivity (Wildman–Crippen MR) is 74.1 cm³/mol. The van der Waals surface area contributed by atoms with E-state index in [1.54, 1.807) is 19.4 Å². The fraction of sp³-hybridized carbons (Fsp3) is 0.583. The van der Waals surface area contributed by atoms with E-state index in [2.05, 4.69) is 10.3 Å². The lowest BCUT2D eigenvalue weighted by Gasteiger charge is -2.08. The van der Waals surface area contributed by atoms with E-state index >= 15 is 0 Å². The van der Waals surface area contributed by atoms with Crippen molar-refractivity contribution < 1.29 is 9.47 Å². The highest BCUT2D eigenvalue weighted by Crippen LogP contribution is 2.19. The molecule has 0 amide bonds. The average molecular weight is 274 g/mol. The number of hydrogen-bond donors (Lipinski definition) is 2. The van der Waals surface area contributed by atoms with Crippen LogP contribution in [0.4, 0.5) is 11.5 Å². The van der Waals surface area contributed by atoms with Crippen molar-refractivity contribution in [3.63, 3.8) is 0 Å². The van der Waals surface area contributed by atoms with Gasteiger partial charge in [-0.2, -0.15) is 0 Å². The van der Waals surface area contributed by atoms with Gasteiger partial charge in [0, 0.05) is 26.5 Å². The predicted octanol–water partition coefficient (Wildman–Crippen LogP) is 2.17. The molecular formula is C12H20ClN3O2. The van der Waals surface area contributed by atoms with Crippen molar-refractivity contribution in [2.45, 2.75) is 12.8 Å². The zero-order chi connectivity index (χ0) is 13.2. The second-order valence-corrected chi connectivity index (χ2v) is 4.27. The van der Waals surface area contributed by atoms with Crippen LogP contribution in [-0.4, -0.2) is 38.5 Å². The van der Waals surface area contributed by atoms with E-state index in [9.17, 15) is 0 Å². The molecule has 0 aromatic carbocycles. The summed E-state index contributed by atoms with van der Waals surface area (Å²) < 4.78 is 10.2. The summed E-state index contributed by atoms with van der Waals surface area (Å²) in [6.45, 7) is 2.85. The van der Waals surface area contributed by atoms with E-state index in [1.807, 2.05) is 0 Å². The van der Waals surface area contributed by atoms with Gasteiger partial charge in [-0.3, -0.25) is 0 Å². The van der Waals surface area contributed by atoms with E-state index in [0.29, 0.717) is 29.7 Å². The molecule has 0 atom stereocenters. The smallest absolute Gasteiger partial charge is 0.149 e. The van der Waals surface area contributed by atoms with Crippen LogP contribution in [0.1, 0.15) is 12.8 Å². The molecule has 0 unspecified atom stereocenters. The number of halogens is 1. The lowest BCUT2D eigenvalue weighted by atomic mass is 10.3. The maximum Gasteiger partial charge on any atom is 0.149 e. The third-order valence-corrected chi connectivity index (χ3v) is 2.53. The molecule has 5 nitrogen and oxygen atoms in total. The summed E-state index contributed by atoms with van der Waals surface area (Å²) >= 11 is 5.76. The Balaban J connectivity index is 2.07. The summed E-state index contributed by atoms with van der Waals surface area (Å²) in [4.78, 5) is 4.12. The summed E-state index contributed by atoms with van der Waals surface area (Å²) in [6, 6.07) is 1.69. The van der Waals surface area contributed by atoms with Gasteiger partial charge in [-0.25, -0.2) is 4.98 Å². The molecule has 0 fully saturated rings. The fourth-order valence-electron chi connectivity index (χ4n) is 1.38. The number of nitrogens with zero attached hydrogens (tertiary/aromatic N) is 1. The van der Waals surface area contributed by atoms with Gasteiger partial charge in [-0.05, 0) is 18.9 Å². The molecule has 0 aliphatic rings. The highest BCUT2D eigenvalue weighted by molar-refractivity contribution is 6.30. The van der Waals surface area contributed by atoms with Crippen LogP contribution in [0.3, 0.4) is 0 Å². The molecule has 6 heteroatoms. The Bertz CT molecular complexity index is 350. The number of nitrogen functional groups attached to an aromatic ring is 1. The third-order valence-electron chi connectivity index (χ3n) is 2.32. The number of anilines is 2. The zero-order valence-corrected chi connectivity index (χ0v) is 11.4. The normalized spacial score (nSPS) is 10.6. The van der Waals surface area contributed by atoms with Gasteiger partial charge in [-0.15, -0.1) is 0 Å². The minimum Gasteiger partial charge on any atom is -0.396 e. The summed E-state index contributed by atoms with van der Waals surface area (Å²) in [7, 11) is 1.66. The molecule has 0 aliphatic heterocycles. The number of unbranched alkanes of at least 4 members (excludes halogenated alkanes) is 1. The number of aromatic nitrogens is 1. The number of nitrogens with two attached hydrogens (primary N) is 1. The molecule has 18 heavy (non-hydrogen) atoms. The Kier molecular flexibility index (Phi) is 7.48. The molecular weight excluding hydrogens is 254 g/mol. The number of nitrogens with one attached hydrogen (secondary N) is 1. The van der Waals surface area contributed by atoms with Gasteiger partial charge in [-0.1, -0.05) is 11.6 Å². The van der Waals surface area contributed by atoms with Crippen molar-refractivity contribution in [1.29, 1.82) is 0 Å². The van der Waals surface area contributed by atoms with Crippen molar-refractivity contribution in [2.75, 3.05) is 44.5 Å². The van der Waals surface area contributed by atoms with Crippen LogP contribution in [0.5, 0.6) is 0 Å². The lowest BCUT2D eigenvalue weighted by molar-refractivity contribution is 0.0691. The number of ether oxygens (including phenoxy) is 2. The van der Waals surface area contributed by atoms with Crippen LogP contribution in [-0.2, 0) is 9.47 Å². The Hall–Kier alpha value is -1.04. The topological polar surface area (TPSA) is 69.4 Å². The second-order valence-electron chi connectivity index (χ2n) is 3.83. The number of rotatable bonds is 9. The van der Waals surface area contributed by atoms with Crippen molar-refractivity contribution in [3.8, 4) is 0 Å². The number of pyridine rings is 1. The Morgan fingerprint density at radius 2 is 2.17 bits per heavy atom. The lowest BCUT2D eigenvalue weighted by Crippen LogP contribution is -2.08. The third kappa shape index (κ3) is 6.05. The maximum atomic E-state index is 5.77. The number of hydrogen-bond acceptors (Lipinski definition) is 5. The van der Waals surface area contributed by atoms with Crippen LogP contribution in [0.15, 0.2) is 12.3 Å². The largest absolute Gasteiger partial charge is 0.396 e. The molecule has 0 aliphatic carbocycles. The first-order chi connectivity index (χ1) is 8.74. The highest BCUT2D eigenvalue weighted by Gasteiger charge is 2.00. The Labute approximate surface area is 113 Å². The molecule has 3 N–H and O–H groups in total. The first kappa shape index (κ1) is 15.0. The van der Waals surface area contributed by atoms with Crippen molar-refractivity contribution in [3.05, 3.63) is 17.3 Å². The van der Waals surface area contributed by atoms with Crippen LogP contribution in [0, 0.1) is 0 Å². The SMILES string of the molecule is COCCOCCCCNc1ncc(Cl)cc1N. The molecule has 0 saturated carbocycles. The van der Waals surface area contributed by atoms with Crippen LogP contribution >= 0.6 is 11.6 Å². The van der Waals surface area contributed by atoms with E-state index in [1.165, 1.54) is 0 Å². The van der Waals surface area contributed by atoms with Crippen LogP contribution in [0.2, 0.25) is 5.02 Å². The quantitative estimate of drug-likeness (QED) is 0.675. The monoisotopic (exact) mass is 273 g/mol. The molecule has 0 bridgehead atoms. The van der Waals surface area contributed by atoms with E-state index in [4.69, 9.17) is 26.8 Å². The van der Waals surface area contributed by atoms with Crippen LogP contribution < -0.4 is 11.1 Å². The Morgan fingerprint density at radius 3 is 2.89 bits per heavy atom. The summed E-state index contributed by atoms with van der Waals surface area (Å²) in [5.41, 5.74) is 6.34. The van der Waals surface area contributed by atoms with Gasteiger partial charge < -0.3 is 20.5 Å². The van der Waals surface area contributed by atoms with Crippen molar-refractivity contribution in [2.24, 2.45) is 0 Å². The van der Waals surface area contributed by atoms with Crippen molar-refractivity contribution >= 4 is 23.1 Å². The molecule has 0 spiro atoms. The molecule has 0 saturated heterocycles. The molecule has 1 heterocycles. The molecule has 102 valence electrons. The van der Waals surface area contributed by atoms with E-state index < -0.39 is 0 Å². The maximum absolute atomic E-state index is 5.77. The number of methoxy groups -OCH3 is 1. The summed E-state index contributed by atoms with van der Waals surface area (Å²) in [6.07, 6.45) is 3.56. The van der Waals surface area contributed by atoms with Gasteiger partial charge in [0.05, 0.1) is 23.9 Å². The Morgan fingerprint density at radius 1 is 1.33 bits per heavy atom. The van der Waals surface area contributed by atoms with Gasteiger partial charge >= 0.3 is 0 Å². The van der Waals surface area contributed by atoms with E-state index in [-0.39, 0.29) is 0 Å². The van der Waals surface area contributed by atoms with Gasteiger partial charge in [0.1, 0.15) is 5.82 Å². The molecule has 1 aromatic rings. The first-order valence-electron chi connectivity index (χ1n) is 5.95.